The molecule has 26 heavy (non-hydrogen) atoms. The zero-order valence-electron chi connectivity index (χ0n) is 14.5. The summed E-state index contributed by atoms with van der Waals surface area (Å²) >= 11 is 1.54. The molecule has 3 aromatic rings. The number of thiophene rings is 1. The van der Waals surface area contributed by atoms with Gasteiger partial charge >= 0.3 is 0 Å². The lowest BCUT2D eigenvalue weighted by Crippen LogP contribution is -2.35. The quantitative estimate of drug-likeness (QED) is 0.691. The molecule has 0 unspecified atom stereocenters. The summed E-state index contributed by atoms with van der Waals surface area (Å²) in [5, 5.41) is 6.11. The maximum Gasteiger partial charge on any atom is 0.278 e. The first kappa shape index (κ1) is 18.0. The van der Waals surface area contributed by atoms with Crippen LogP contribution in [0.25, 0.3) is 5.69 Å². The molecule has 5 nitrogen and oxygen atoms in total. The van der Waals surface area contributed by atoms with Gasteiger partial charge in [0.1, 0.15) is 11.5 Å². The van der Waals surface area contributed by atoms with Gasteiger partial charge in [-0.15, -0.1) is 11.3 Å². The van der Waals surface area contributed by atoms with Crippen LogP contribution in [-0.4, -0.2) is 27.1 Å². The number of rotatable bonds is 5. The highest BCUT2D eigenvalue weighted by Crippen LogP contribution is 2.15. The molecule has 0 saturated carbocycles. The number of benzene rings is 1. The number of amides is 1. The van der Waals surface area contributed by atoms with Crippen molar-refractivity contribution in [2.24, 2.45) is 0 Å². The van der Waals surface area contributed by atoms with Gasteiger partial charge in [-0.25, -0.2) is 9.07 Å². The predicted molar refractivity (Wildman–Crippen MR) is 99.3 cm³/mol. The minimum atomic E-state index is -0.476. The number of para-hydroxylation sites is 1. The predicted octanol–water partition coefficient (Wildman–Crippen LogP) is 3.40. The van der Waals surface area contributed by atoms with Crippen LogP contribution in [0.2, 0.25) is 0 Å². The van der Waals surface area contributed by atoms with Gasteiger partial charge in [0.25, 0.3) is 5.91 Å². The zero-order chi connectivity index (χ0) is 18.7. The van der Waals surface area contributed by atoms with Crippen LogP contribution < -0.4 is 5.43 Å². The fourth-order valence-corrected chi connectivity index (χ4v) is 3.35. The monoisotopic (exact) mass is 371 g/mol. The number of aromatic nitrogens is 2. The number of carbonyl (C=O) groups excluding carboxylic acids is 1. The zero-order valence-corrected chi connectivity index (χ0v) is 15.3. The molecule has 0 saturated heterocycles. The SMILES string of the molecule is CCN(Cc1cccs1)C(=O)c1nn(-c2ccccc2F)c(C)cc1=O. The molecule has 0 atom stereocenters. The highest BCUT2D eigenvalue weighted by atomic mass is 32.1. The van der Waals surface area contributed by atoms with Crippen LogP contribution in [0.1, 0.15) is 28.0 Å². The van der Waals surface area contributed by atoms with Crippen molar-refractivity contribution >= 4 is 17.2 Å². The largest absolute Gasteiger partial charge is 0.332 e. The lowest BCUT2D eigenvalue weighted by Gasteiger charge is -2.20. The Bertz CT molecular complexity index is 983. The van der Waals surface area contributed by atoms with E-state index in [4.69, 9.17) is 0 Å². The van der Waals surface area contributed by atoms with Crippen LogP contribution in [0.3, 0.4) is 0 Å². The van der Waals surface area contributed by atoms with Crippen LogP contribution in [0.4, 0.5) is 4.39 Å². The van der Waals surface area contributed by atoms with Crippen LogP contribution in [0.15, 0.2) is 52.6 Å². The van der Waals surface area contributed by atoms with Crippen molar-refractivity contribution < 1.29 is 9.18 Å². The van der Waals surface area contributed by atoms with Crippen molar-refractivity contribution in [3.63, 3.8) is 0 Å². The lowest BCUT2D eigenvalue weighted by molar-refractivity contribution is 0.0744. The Kier molecular flexibility index (Phi) is 5.27. The average molecular weight is 371 g/mol. The molecule has 0 N–H and O–H groups in total. The summed E-state index contributed by atoms with van der Waals surface area (Å²) in [7, 11) is 0. The van der Waals surface area contributed by atoms with Crippen LogP contribution >= 0.6 is 11.3 Å². The first-order valence-electron chi connectivity index (χ1n) is 8.18. The summed E-state index contributed by atoms with van der Waals surface area (Å²) < 4.78 is 15.4. The second-order valence-corrected chi connectivity index (χ2v) is 6.79. The molecule has 1 amide bonds. The van der Waals surface area contributed by atoms with Gasteiger partial charge in [0.15, 0.2) is 5.69 Å². The Balaban J connectivity index is 2.01. The molecule has 7 heteroatoms. The second kappa shape index (κ2) is 7.61. The van der Waals surface area contributed by atoms with Gasteiger partial charge in [-0.05, 0) is 37.4 Å². The topological polar surface area (TPSA) is 55.2 Å². The van der Waals surface area contributed by atoms with Crippen LogP contribution in [0, 0.1) is 12.7 Å². The van der Waals surface area contributed by atoms with Crippen molar-refractivity contribution in [3.8, 4) is 5.69 Å². The average Bonchev–Trinajstić information content (AvgIpc) is 3.13. The van der Waals surface area contributed by atoms with Crippen molar-refractivity contribution in [2.75, 3.05) is 6.54 Å². The number of hydrogen-bond acceptors (Lipinski definition) is 4. The third kappa shape index (κ3) is 3.57. The number of carbonyl (C=O) groups is 1. The molecular formula is C19H18FN3O2S. The molecule has 0 fully saturated rings. The van der Waals surface area contributed by atoms with Crippen molar-refractivity contribution in [2.45, 2.75) is 20.4 Å². The highest BCUT2D eigenvalue weighted by Gasteiger charge is 2.21. The first-order chi connectivity index (χ1) is 12.5. The Morgan fingerprint density at radius 2 is 2.04 bits per heavy atom. The molecule has 0 spiro atoms. The summed E-state index contributed by atoms with van der Waals surface area (Å²) in [6.07, 6.45) is 0. The third-order valence-electron chi connectivity index (χ3n) is 3.99. The summed E-state index contributed by atoms with van der Waals surface area (Å²) in [5.41, 5.74) is -0.0275. The van der Waals surface area contributed by atoms with E-state index < -0.39 is 17.2 Å². The fraction of sp³-hybridized carbons (Fsp3) is 0.211. The maximum atomic E-state index is 14.1. The van der Waals surface area contributed by atoms with Gasteiger partial charge < -0.3 is 4.90 Å². The summed E-state index contributed by atoms with van der Waals surface area (Å²) in [5.74, 6) is -0.938. The van der Waals surface area contributed by atoms with Gasteiger partial charge in [-0.1, -0.05) is 18.2 Å². The van der Waals surface area contributed by atoms with Gasteiger partial charge in [0, 0.05) is 23.2 Å². The van der Waals surface area contributed by atoms with E-state index in [1.165, 1.54) is 16.8 Å². The summed E-state index contributed by atoms with van der Waals surface area (Å²) in [6, 6.07) is 11.3. The number of halogens is 1. The molecule has 0 aliphatic rings. The van der Waals surface area contributed by atoms with Crippen molar-refractivity contribution in [3.05, 3.63) is 80.2 Å². The number of hydrogen-bond donors (Lipinski definition) is 0. The van der Waals surface area contributed by atoms with Gasteiger partial charge in [-0.2, -0.15) is 5.10 Å². The van der Waals surface area contributed by atoms with E-state index in [1.807, 2.05) is 24.4 Å². The Hall–Kier alpha value is -2.80. The van der Waals surface area contributed by atoms with E-state index >= 15 is 0 Å². The molecule has 2 aromatic heterocycles. The third-order valence-corrected chi connectivity index (χ3v) is 4.85. The van der Waals surface area contributed by atoms with Crippen LogP contribution in [0.5, 0.6) is 0 Å². The van der Waals surface area contributed by atoms with E-state index in [0.717, 1.165) is 4.88 Å². The Morgan fingerprint density at radius 1 is 1.27 bits per heavy atom. The van der Waals surface area contributed by atoms with E-state index in [0.29, 0.717) is 18.8 Å². The molecule has 2 heterocycles. The lowest BCUT2D eigenvalue weighted by atomic mass is 10.2. The van der Waals surface area contributed by atoms with E-state index in [2.05, 4.69) is 5.10 Å². The standard InChI is InChI=1S/C19H18FN3O2S/c1-3-22(12-14-7-6-10-26-14)19(25)18-17(24)11-13(2)23(21-18)16-9-5-4-8-15(16)20/h4-11H,3,12H2,1-2H3. The van der Waals surface area contributed by atoms with Gasteiger partial charge in [-0.3, -0.25) is 9.59 Å². The molecule has 0 radical (unpaired) electrons. The molecule has 0 aliphatic carbocycles. The van der Waals surface area contributed by atoms with Gasteiger partial charge in [0.2, 0.25) is 5.43 Å². The molecule has 1 aromatic carbocycles. The summed E-state index contributed by atoms with van der Waals surface area (Å²) in [4.78, 5) is 27.8. The normalized spacial score (nSPS) is 10.7. The number of nitrogens with zero attached hydrogens (tertiary/aromatic N) is 3. The molecular weight excluding hydrogens is 353 g/mol. The molecule has 134 valence electrons. The molecule has 0 aliphatic heterocycles. The van der Waals surface area contributed by atoms with E-state index in [9.17, 15) is 14.0 Å². The summed E-state index contributed by atoms with van der Waals surface area (Å²) in [6.45, 7) is 4.33. The maximum absolute atomic E-state index is 14.1. The van der Waals surface area contributed by atoms with E-state index in [-0.39, 0.29) is 11.4 Å². The van der Waals surface area contributed by atoms with E-state index in [1.54, 1.807) is 41.4 Å². The minimum Gasteiger partial charge on any atom is -0.332 e. The minimum absolute atomic E-state index is 0.195. The highest BCUT2D eigenvalue weighted by molar-refractivity contribution is 7.09. The Labute approximate surface area is 154 Å². The molecule has 3 rings (SSSR count). The Morgan fingerprint density at radius 3 is 2.69 bits per heavy atom. The van der Waals surface area contributed by atoms with Crippen LogP contribution in [-0.2, 0) is 6.54 Å². The molecule has 0 bridgehead atoms. The van der Waals surface area contributed by atoms with Gasteiger partial charge in [0.05, 0.1) is 6.54 Å². The van der Waals surface area contributed by atoms with Crippen molar-refractivity contribution in [1.82, 2.24) is 14.7 Å². The van der Waals surface area contributed by atoms with Crippen molar-refractivity contribution in [1.29, 1.82) is 0 Å². The number of aryl methyl sites for hydroxylation is 1. The smallest absolute Gasteiger partial charge is 0.278 e. The first-order valence-corrected chi connectivity index (χ1v) is 9.06. The fourth-order valence-electron chi connectivity index (χ4n) is 2.63. The second-order valence-electron chi connectivity index (χ2n) is 5.76.